The third-order valence-electron chi connectivity index (χ3n) is 4.55. The van der Waals surface area contributed by atoms with Gasteiger partial charge in [0.1, 0.15) is 0 Å². The number of carbonyl (C=O) groups is 1. The summed E-state index contributed by atoms with van der Waals surface area (Å²) in [5.41, 5.74) is 5.94. The highest BCUT2D eigenvalue weighted by Crippen LogP contribution is 2.25. The summed E-state index contributed by atoms with van der Waals surface area (Å²) in [6.07, 6.45) is 5.34. The lowest BCUT2D eigenvalue weighted by atomic mass is 9.90. The first-order valence-electron chi connectivity index (χ1n) is 7.36. The van der Waals surface area contributed by atoms with E-state index in [1.165, 1.54) is 0 Å². The van der Waals surface area contributed by atoms with Gasteiger partial charge in [-0.3, -0.25) is 4.79 Å². The van der Waals surface area contributed by atoms with Crippen LogP contribution < -0.4 is 5.73 Å². The molecule has 0 aromatic carbocycles. The van der Waals surface area contributed by atoms with Gasteiger partial charge in [-0.05, 0) is 52.6 Å². The maximum atomic E-state index is 12.6. The highest BCUT2D eigenvalue weighted by atomic mass is 16.2. The van der Waals surface area contributed by atoms with E-state index in [9.17, 15) is 4.79 Å². The van der Waals surface area contributed by atoms with Gasteiger partial charge in [0.2, 0.25) is 5.91 Å². The van der Waals surface area contributed by atoms with Crippen LogP contribution in [0.25, 0.3) is 0 Å². The number of nitrogens with two attached hydrogens (primary N) is 1. The van der Waals surface area contributed by atoms with Crippen LogP contribution in [0.1, 0.15) is 39.0 Å². The lowest BCUT2D eigenvalue weighted by Gasteiger charge is -2.36. The van der Waals surface area contributed by atoms with Gasteiger partial charge in [-0.1, -0.05) is 0 Å². The Bertz CT molecular complexity index is 287. The van der Waals surface area contributed by atoms with Crippen LogP contribution in [0.15, 0.2) is 0 Å². The van der Waals surface area contributed by atoms with Gasteiger partial charge in [0, 0.05) is 25.2 Å². The van der Waals surface area contributed by atoms with Gasteiger partial charge < -0.3 is 15.5 Å². The highest BCUT2D eigenvalue weighted by Gasteiger charge is 2.33. The first-order chi connectivity index (χ1) is 8.61. The van der Waals surface area contributed by atoms with E-state index in [4.69, 9.17) is 5.73 Å². The summed E-state index contributed by atoms with van der Waals surface area (Å²) < 4.78 is 0. The summed E-state index contributed by atoms with van der Waals surface area (Å²) in [4.78, 5) is 16.9. The monoisotopic (exact) mass is 253 g/mol. The molecule has 1 aliphatic heterocycles. The van der Waals surface area contributed by atoms with Gasteiger partial charge in [0.05, 0.1) is 5.92 Å². The SMILES string of the molecule is CCN(C(=O)C1CCN(C)C1)C1CCC(N)CC1. The Labute approximate surface area is 110 Å². The van der Waals surface area contributed by atoms with E-state index in [0.29, 0.717) is 18.0 Å². The number of hydrogen-bond acceptors (Lipinski definition) is 3. The summed E-state index contributed by atoms with van der Waals surface area (Å²) in [5, 5.41) is 0. The summed E-state index contributed by atoms with van der Waals surface area (Å²) >= 11 is 0. The Balaban J connectivity index is 1.93. The number of hydrogen-bond donors (Lipinski definition) is 1. The normalized spacial score (nSPS) is 33.6. The van der Waals surface area contributed by atoms with Crippen molar-refractivity contribution in [3.8, 4) is 0 Å². The van der Waals surface area contributed by atoms with Crippen molar-refractivity contribution in [1.82, 2.24) is 9.80 Å². The van der Waals surface area contributed by atoms with Crippen LogP contribution in [0, 0.1) is 5.92 Å². The minimum absolute atomic E-state index is 0.227. The van der Waals surface area contributed by atoms with Crippen LogP contribution in [0.2, 0.25) is 0 Å². The van der Waals surface area contributed by atoms with E-state index in [1.807, 2.05) is 0 Å². The van der Waals surface area contributed by atoms with E-state index in [0.717, 1.165) is 51.7 Å². The zero-order valence-corrected chi connectivity index (χ0v) is 11.8. The molecule has 1 aliphatic carbocycles. The first kappa shape index (κ1) is 13.8. The second kappa shape index (κ2) is 6.02. The van der Waals surface area contributed by atoms with Gasteiger partial charge in [-0.2, -0.15) is 0 Å². The van der Waals surface area contributed by atoms with Gasteiger partial charge in [-0.25, -0.2) is 0 Å². The number of rotatable bonds is 3. The maximum Gasteiger partial charge on any atom is 0.227 e. The molecule has 2 fully saturated rings. The quantitative estimate of drug-likeness (QED) is 0.818. The van der Waals surface area contributed by atoms with E-state index in [-0.39, 0.29) is 5.92 Å². The molecule has 0 aromatic heterocycles. The van der Waals surface area contributed by atoms with E-state index in [2.05, 4.69) is 23.8 Å². The second-order valence-electron chi connectivity index (χ2n) is 5.94. The third kappa shape index (κ3) is 3.04. The maximum absolute atomic E-state index is 12.6. The molecule has 1 atom stereocenters. The zero-order valence-electron chi connectivity index (χ0n) is 11.8. The number of nitrogens with zero attached hydrogens (tertiary/aromatic N) is 2. The van der Waals surface area contributed by atoms with Crippen molar-refractivity contribution in [1.29, 1.82) is 0 Å². The van der Waals surface area contributed by atoms with Crippen molar-refractivity contribution < 1.29 is 4.79 Å². The van der Waals surface area contributed by atoms with Crippen LogP contribution in [0.4, 0.5) is 0 Å². The van der Waals surface area contributed by atoms with Gasteiger partial charge in [-0.15, -0.1) is 0 Å². The Kier molecular flexibility index (Phi) is 4.62. The fourth-order valence-corrected chi connectivity index (χ4v) is 3.38. The Morgan fingerprint density at radius 3 is 2.44 bits per heavy atom. The molecular weight excluding hydrogens is 226 g/mol. The molecular formula is C14H27N3O. The molecule has 104 valence electrons. The first-order valence-corrected chi connectivity index (χ1v) is 7.36. The molecule has 0 radical (unpaired) electrons. The Morgan fingerprint density at radius 1 is 1.28 bits per heavy atom. The van der Waals surface area contributed by atoms with Crippen molar-refractivity contribution in [2.24, 2.45) is 11.7 Å². The standard InChI is InChI=1S/C14H27N3O/c1-3-17(13-6-4-12(15)5-7-13)14(18)11-8-9-16(2)10-11/h11-13H,3-10,15H2,1-2H3. The number of amides is 1. The molecule has 1 amide bonds. The van der Waals surface area contributed by atoms with Crippen molar-refractivity contribution in [3.05, 3.63) is 0 Å². The lowest BCUT2D eigenvalue weighted by molar-refractivity contribution is -0.138. The van der Waals surface area contributed by atoms with Crippen molar-refractivity contribution >= 4 is 5.91 Å². The summed E-state index contributed by atoms with van der Waals surface area (Å²) in [5.74, 6) is 0.605. The van der Waals surface area contributed by atoms with Crippen molar-refractivity contribution in [2.75, 3.05) is 26.7 Å². The molecule has 1 unspecified atom stereocenters. The molecule has 2 N–H and O–H groups in total. The fraction of sp³-hybridized carbons (Fsp3) is 0.929. The summed E-state index contributed by atoms with van der Waals surface area (Å²) in [6, 6.07) is 0.792. The molecule has 2 rings (SSSR count). The fourth-order valence-electron chi connectivity index (χ4n) is 3.38. The highest BCUT2D eigenvalue weighted by molar-refractivity contribution is 5.79. The lowest BCUT2D eigenvalue weighted by Crippen LogP contribution is -2.46. The number of carbonyl (C=O) groups excluding carboxylic acids is 1. The Hall–Kier alpha value is -0.610. The van der Waals surface area contributed by atoms with Crippen LogP contribution >= 0.6 is 0 Å². The second-order valence-corrected chi connectivity index (χ2v) is 5.94. The smallest absolute Gasteiger partial charge is 0.227 e. The predicted octanol–water partition coefficient (Wildman–Crippen LogP) is 1.06. The third-order valence-corrected chi connectivity index (χ3v) is 4.55. The van der Waals surface area contributed by atoms with Gasteiger partial charge >= 0.3 is 0 Å². The van der Waals surface area contributed by atoms with Gasteiger partial charge in [0.25, 0.3) is 0 Å². The molecule has 4 nitrogen and oxygen atoms in total. The van der Waals surface area contributed by atoms with E-state index < -0.39 is 0 Å². The minimum Gasteiger partial charge on any atom is -0.340 e. The van der Waals surface area contributed by atoms with Crippen LogP contribution in [0.5, 0.6) is 0 Å². The molecule has 0 spiro atoms. The summed E-state index contributed by atoms with van der Waals surface area (Å²) in [7, 11) is 2.10. The van der Waals surface area contributed by atoms with Crippen LogP contribution in [-0.2, 0) is 4.79 Å². The van der Waals surface area contributed by atoms with E-state index in [1.54, 1.807) is 0 Å². The Morgan fingerprint density at radius 2 is 1.94 bits per heavy atom. The molecule has 0 aromatic rings. The topological polar surface area (TPSA) is 49.6 Å². The predicted molar refractivity (Wildman–Crippen MR) is 73.2 cm³/mol. The van der Waals surface area contributed by atoms with Crippen LogP contribution in [0.3, 0.4) is 0 Å². The average molecular weight is 253 g/mol. The van der Waals surface area contributed by atoms with Gasteiger partial charge in [0.15, 0.2) is 0 Å². The van der Waals surface area contributed by atoms with Crippen molar-refractivity contribution in [2.45, 2.75) is 51.1 Å². The summed E-state index contributed by atoms with van der Waals surface area (Å²) in [6.45, 7) is 4.94. The average Bonchev–Trinajstić information content (AvgIpc) is 2.79. The van der Waals surface area contributed by atoms with E-state index >= 15 is 0 Å². The molecule has 0 bridgehead atoms. The van der Waals surface area contributed by atoms with Crippen molar-refractivity contribution in [3.63, 3.8) is 0 Å². The van der Waals surface area contributed by atoms with Crippen LogP contribution in [-0.4, -0.2) is 54.5 Å². The minimum atomic E-state index is 0.227. The largest absolute Gasteiger partial charge is 0.340 e. The molecule has 1 saturated carbocycles. The molecule has 4 heteroatoms. The molecule has 18 heavy (non-hydrogen) atoms. The number of likely N-dealkylation sites (tertiary alicyclic amines) is 1. The molecule has 1 heterocycles. The molecule has 1 saturated heterocycles. The zero-order chi connectivity index (χ0) is 13.1. The molecule has 2 aliphatic rings.